The summed E-state index contributed by atoms with van der Waals surface area (Å²) in [5.74, 6) is -0.405. The van der Waals surface area contributed by atoms with Gasteiger partial charge in [0, 0.05) is 29.2 Å². The summed E-state index contributed by atoms with van der Waals surface area (Å²) in [7, 11) is 0. The molecule has 9 aromatic carbocycles. The van der Waals surface area contributed by atoms with Gasteiger partial charge in [0.2, 0.25) is 0 Å². The number of hydrazone groups is 1. The van der Waals surface area contributed by atoms with Gasteiger partial charge in [-0.05, 0) is 174 Å². The highest BCUT2D eigenvalue weighted by atomic mass is 16.5. The Morgan fingerprint density at radius 1 is 0.368 bits per heavy atom. The van der Waals surface area contributed by atoms with Gasteiger partial charge in [0.15, 0.2) is 0 Å². The molecule has 76 heavy (non-hydrogen) atoms. The van der Waals surface area contributed by atoms with Crippen molar-refractivity contribution in [2.24, 2.45) is 5.10 Å². The zero-order chi connectivity index (χ0) is 52.6. The van der Waals surface area contributed by atoms with Crippen molar-refractivity contribution < 1.29 is 38.1 Å². The fourth-order valence-corrected chi connectivity index (χ4v) is 8.02. The van der Waals surface area contributed by atoms with Gasteiger partial charge >= 0.3 is 23.9 Å². The van der Waals surface area contributed by atoms with E-state index in [1.165, 1.54) is 0 Å². The van der Waals surface area contributed by atoms with Crippen molar-refractivity contribution in [3.63, 3.8) is 0 Å². The molecule has 9 aromatic rings. The second-order valence-electron chi connectivity index (χ2n) is 17.2. The van der Waals surface area contributed by atoms with Crippen molar-refractivity contribution in [2.45, 2.75) is 12.8 Å². The molecule has 372 valence electrons. The molecular weight excluding hydrogens is 951 g/mol. The maximum Gasteiger partial charge on any atom is 0.343 e. The zero-order valence-electron chi connectivity index (χ0n) is 41.1. The van der Waals surface area contributed by atoms with E-state index in [9.17, 15) is 19.2 Å². The lowest BCUT2D eigenvalue weighted by atomic mass is 10.0. The molecule has 0 saturated heterocycles. The molecule has 0 N–H and O–H groups in total. The van der Waals surface area contributed by atoms with Crippen LogP contribution in [-0.2, 0) is 22.4 Å². The van der Waals surface area contributed by atoms with Crippen LogP contribution in [0.2, 0.25) is 0 Å². The molecule has 0 amide bonds. The molecular formula is C65H49N3O8. The lowest BCUT2D eigenvalue weighted by Crippen LogP contribution is -2.13. The van der Waals surface area contributed by atoms with Gasteiger partial charge in [0.25, 0.3) is 0 Å². The molecule has 9 rings (SSSR count). The molecule has 11 nitrogen and oxygen atoms in total. The van der Waals surface area contributed by atoms with Gasteiger partial charge in [-0.3, -0.25) is 0 Å². The van der Waals surface area contributed by atoms with E-state index in [0.29, 0.717) is 47.0 Å². The molecule has 0 aromatic heterocycles. The predicted octanol–water partition coefficient (Wildman–Crippen LogP) is 14.1. The highest BCUT2D eigenvalue weighted by molar-refractivity contribution is 5.94. The molecule has 0 atom stereocenters. The third-order valence-electron chi connectivity index (χ3n) is 11.9. The average Bonchev–Trinajstić information content (AvgIpc) is 3.47. The smallest absolute Gasteiger partial charge is 0.343 e. The molecule has 0 bridgehead atoms. The standard InChI is InChI=1S/C65H49N3O8/c1-3-62(69)73-58-35-17-46(18-36-58)43-48-21-39-60(40-22-48)75-64(71)51-25-31-54(32-26-51)67(53-29-15-50(16-30-53)45-66-68(56-11-7-5-8-12-56)57-13-9-6-10-14-57)55-33-27-52(28-34-55)65(72)76-61-41-23-49(24-42-61)44-47-19-37-59(38-20-47)74-63(70)4-2/h3-42,45H,1-2,43-44H2. The number of rotatable bonds is 19. The van der Waals surface area contributed by atoms with E-state index >= 15 is 0 Å². The van der Waals surface area contributed by atoms with Gasteiger partial charge in [0.05, 0.1) is 28.7 Å². The van der Waals surface area contributed by atoms with E-state index in [2.05, 4.69) is 13.2 Å². The third-order valence-corrected chi connectivity index (χ3v) is 11.9. The highest BCUT2D eigenvalue weighted by Crippen LogP contribution is 2.36. The number of carbonyl (C=O) groups is 4. The summed E-state index contributed by atoms with van der Waals surface area (Å²) >= 11 is 0. The van der Waals surface area contributed by atoms with Crippen molar-refractivity contribution in [1.29, 1.82) is 0 Å². The summed E-state index contributed by atoms with van der Waals surface area (Å²) in [6, 6.07) is 71.1. The van der Waals surface area contributed by atoms with Gasteiger partial charge in [0.1, 0.15) is 23.0 Å². The molecule has 0 aliphatic rings. The van der Waals surface area contributed by atoms with Gasteiger partial charge in [-0.25, -0.2) is 24.2 Å². The summed E-state index contributed by atoms with van der Waals surface area (Å²) < 4.78 is 21.9. The average molecular weight is 1000 g/mol. The van der Waals surface area contributed by atoms with E-state index in [-0.39, 0.29) is 0 Å². The molecule has 11 heteroatoms. The first-order valence-corrected chi connectivity index (χ1v) is 24.2. The van der Waals surface area contributed by atoms with Crippen LogP contribution in [0.25, 0.3) is 0 Å². The first-order chi connectivity index (χ1) is 37.2. The van der Waals surface area contributed by atoms with Crippen LogP contribution >= 0.6 is 0 Å². The quantitative estimate of drug-likeness (QED) is 0.0254. The van der Waals surface area contributed by atoms with Crippen LogP contribution in [0.4, 0.5) is 28.4 Å². The molecule has 0 saturated carbocycles. The van der Waals surface area contributed by atoms with Crippen molar-refractivity contribution in [1.82, 2.24) is 0 Å². The van der Waals surface area contributed by atoms with Crippen LogP contribution in [-0.4, -0.2) is 30.1 Å². The van der Waals surface area contributed by atoms with E-state index in [0.717, 1.165) is 68.4 Å². The Morgan fingerprint density at radius 3 is 1.01 bits per heavy atom. The number of anilines is 5. The van der Waals surface area contributed by atoms with Crippen molar-refractivity contribution in [3.8, 4) is 23.0 Å². The summed E-state index contributed by atoms with van der Waals surface area (Å²) in [5.41, 5.74) is 9.75. The van der Waals surface area contributed by atoms with Crippen LogP contribution < -0.4 is 28.9 Å². The van der Waals surface area contributed by atoms with Crippen LogP contribution in [0.15, 0.2) is 261 Å². The van der Waals surface area contributed by atoms with Crippen LogP contribution in [0.1, 0.15) is 48.5 Å². The largest absolute Gasteiger partial charge is 0.423 e. The van der Waals surface area contributed by atoms with Gasteiger partial charge in [-0.1, -0.05) is 110 Å². The fourth-order valence-electron chi connectivity index (χ4n) is 8.02. The second kappa shape index (κ2) is 24.4. The molecule has 0 aliphatic carbocycles. The number of ether oxygens (including phenoxy) is 4. The molecule has 0 radical (unpaired) electrons. The summed E-state index contributed by atoms with van der Waals surface area (Å²) in [6.07, 6.45) is 5.29. The lowest BCUT2D eigenvalue weighted by molar-refractivity contribution is -0.129. The maximum atomic E-state index is 13.5. The Kier molecular flexibility index (Phi) is 16.2. The van der Waals surface area contributed by atoms with E-state index < -0.39 is 23.9 Å². The second-order valence-corrected chi connectivity index (χ2v) is 17.2. The molecule has 0 unspecified atom stereocenters. The number of hydrogen-bond acceptors (Lipinski definition) is 11. The number of carbonyl (C=O) groups excluding carboxylic acids is 4. The number of esters is 4. The van der Waals surface area contributed by atoms with E-state index in [1.807, 2.05) is 174 Å². The monoisotopic (exact) mass is 999 g/mol. The first-order valence-electron chi connectivity index (χ1n) is 24.2. The Bertz CT molecular complexity index is 3270. The minimum atomic E-state index is -0.519. The predicted molar refractivity (Wildman–Crippen MR) is 297 cm³/mol. The Morgan fingerprint density at radius 2 is 0.684 bits per heavy atom. The van der Waals surface area contributed by atoms with Gasteiger partial charge in [-0.2, -0.15) is 5.10 Å². The molecule has 0 spiro atoms. The minimum Gasteiger partial charge on any atom is -0.423 e. The normalized spacial score (nSPS) is 10.7. The van der Waals surface area contributed by atoms with Gasteiger partial charge in [-0.15, -0.1) is 0 Å². The highest BCUT2D eigenvalue weighted by Gasteiger charge is 2.18. The Labute approximate surface area is 440 Å². The molecule has 0 heterocycles. The van der Waals surface area contributed by atoms with Crippen molar-refractivity contribution in [3.05, 3.63) is 295 Å². The van der Waals surface area contributed by atoms with E-state index in [4.69, 9.17) is 24.0 Å². The zero-order valence-corrected chi connectivity index (χ0v) is 41.1. The maximum absolute atomic E-state index is 13.5. The van der Waals surface area contributed by atoms with Crippen LogP contribution in [0.5, 0.6) is 23.0 Å². The summed E-state index contributed by atoms with van der Waals surface area (Å²) in [4.78, 5) is 52.1. The summed E-state index contributed by atoms with van der Waals surface area (Å²) in [5, 5.41) is 6.77. The van der Waals surface area contributed by atoms with Crippen LogP contribution in [0, 0.1) is 0 Å². The van der Waals surface area contributed by atoms with Crippen LogP contribution in [0.3, 0.4) is 0 Å². The Hall–Kier alpha value is -10.4. The molecule has 0 aliphatic heterocycles. The first kappa shape index (κ1) is 50.5. The molecule has 0 fully saturated rings. The number of para-hydroxylation sites is 2. The van der Waals surface area contributed by atoms with Crippen molar-refractivity contribution in [2.75, 3.05) is 9.91 Å². The SMILES string of the molecule is C=CC(=O)Oc1ccc(Cc2ccc(OC(=O)c3ccc(N(c4ccc(C=NN(c5ccccc5)c5ccccc5)cc4)c4ccc(C(=O)Oc5ccc(Cc6ccc(OC(=O)C=C)cc6)cc5)cc4)cc3)cc2)cc1. The Balaban J connectivity index is 0.902. The third kappa shape index (κ3) is 13.4. The number of nitrogens with zero attached hydrogens (tertiary/aromatic N) is 3. The van der Waals surface area contributed by atoms with E-state index in [1.54, 1.807) is 72.8 Å². The van der Waals surface area contributed by atoms with Crippen molar-refractivity contribution >= 4 is 58.5 Å². The summed E-state index contributed by atoms with van der Waals surface area (Å²) in [6.45, 7) is 6.85. The van der Waals surface area contributed by atoms with Gasteiger partial charge < -0.3 is 23.8 Å². The number of benzene rings is 9. The fraction of sp³-hybridized carbons (Fsp3) is 0.0308. The lowest BCUT2D eigenvalue weighted by Gasteiger charge is -2.26. The number of hydrogen-bond donors (Lipinski definition) is 0. The minimum absolute atomic E-state index is 0.353. The topological polar surface area (TPSA) is 124 Å².